The van der Waals surface area contributed by atoms with Gasteiger partial charge in [0, 0.05) is 11.9 Å². The first-order valence-corrected chi connectivity index (χ1v) is 6.80. The summed E-state index contributed by atoms with van der Waals surface area (Å²) in [4.78, 5) is 23.0. The summed E-state index contributed by atoms with van der Waals surface area (Å²) in [6.07, 6.45) is 4.71. The van der Waals surface area contributed by atoms with Gasteiger partial charge in [0.2, 0.25) is 0 Å². The SMILES string of the molecule is COC(=O)/C=C(/Nc1ccc(-n2cc(C)cn2)cc1)C(=O)OC. The first kappa shape index (κ1) is 16.3. The molecule has 1 N–H and O–H groups in total. The average Bonchev–Trinajstić information content (AvgIpc) is 3.00. The van der Waals surface area contributed by atoms with Crippen LogP contribution in [0, 0.1) is 6.92 Å². The summed E-state index contributed by atoms with van der Waals surface area (Å²) in [6, 6.07) is 7.20. The lowest BCUT2D eigenvalue weighted by atomic mass is 10.2. The second-order valence-electron chi connectivity index (χ2n) is 4.71. The molecule has 1 aromatic carbocycles. The maximum atomic E-state index is 11.7. The van der Waals surface area contributed by atoms with E-state index in [0.717, 1.165) is 17.3 Å². The van der Waals surface area contributed by atoms with Crippen LogP contribution in [0.2, 0.25) is 0 Å². The molecule has 7 heteroatoms. The third kappa shape index (κ3) is 4.19. The van der Waals surface area contributed by atoms with Crippen LogP contribution in [0.15, 0.2) is 48.4 Å². The number of anilines is 1. The number of nitrogens with one attached hydrogen (secondary N) is 1. The monoisotopic (exact) mass is 315 g/mol. The molecule has 1 aromatic heterocycles. The molecule has 2 aromatic rings. The maximum Gasteiger partial charge on any atom is 0.354 e. The molecule has 0 bridgehead atoms. The van der Waals surface area contributed by atoms with Crippen molar-refractivity contribution in [3.63, 3.8) is 0 Å². The third-order valence-corrected chi connectivity index (χ3v) is 2.99. The van der Waals surface area contributed by atoms with Gasteiger partial charge in [0.1, 0.15) is 5.70 Å². The number of rotatable bonds is 5. The Bertz CT molecular complexity index is 732. The summed E-state index contributed by atoms with van der Waals surface area (Å²) in [5.41, 5.74) is 2.54. The molecule has 7 nitrogen and oxygen atoms in total. The number of carbonyl (C=O) groups is 2. The number of benzene rings is 1. The number of aryl methyl sites for hydroxylation is 1. The Morgan fingerprint density at radius 1 is 1.17 bits per heavy atom. The molecular weight excluding hydrogens is 298 g/mol. The zero-order valence-electron chi connectivity index (χ0n) is 13.1. The number of methoxy groups -OCH3 is 2. The third-order valence-electron chi connectivity index (χ3n) is 2.99. The summed E-state index contributed by atoms with van der Waals surface area (Å²) in [6.45, 7) is 1.96. The minimum atomic E-state index is -0.665. The van der Waals surface area contributed by atoms with E-state index in [9.17, 15) is 9.59 Å². The molecule has 120 valence electrons. The fourth-order valence-corrected chi connectivity index (χ4v) is 1.84. The van der Waals surface area contributed by atoms with Crippen LogP contribution < -0.4 is 5.32 Å². The van der Waals surface area contributed by atoms with Crippen molar-refractivity contribution in [2.75, 3.05) is 19.5 Å². The van der Waals surface area contributed by atoms with Gasteiger partial charge < -0.3 is 14.8 Å². The highest BCUT2D eigenvalue weighted by Gasteiger charge is 2.12. The molecule has 23 heavy (non-hydrogen) atoms. The van der Waals surface area contributed by atoms with Crippen LogP contribution in [0.3, 0.4) is 0 Å². The molecule has 0 unspecified atom stereocenters. The number of esters is 2. The highest BCUT2D eigenvalue weighted by atomic mass is 16.5. The Kier molecular flexibility index (Phi) is 5.14. The largest absolute Gasteiger partial charge is 0.466 e. The van der Waals surface area contributed by atoms with E-state index < -0.39 is 11.9 Å². The summed E-state index contributed by atoms with van der Waals surface area (Å²) >= 11 is 0. The molecule has 0 saturated heterocycles. The van der Waals surface area contributed by atoms with Crippen LogP contribution in [0.25, 0.3) is 5.69 Å². The second kappa shape index (κ2) is 7.26. The summed E-state index contributed by atoms with van der Waals surface area (Å²) in [7, 11) is 2.47. The van der Waals surface area contributed by atoms with E-state index >= 15 is 0 Å². The Morgan fingerprint density at radius 2 is 1.87 bits per heavy atom. The molecule has 1 heterocycles. The predicted octanol–water partition coefficient (Wildman–Crippen LogP) is 1.82. The lowest BCUT2D eigenvalue weighted by molar-refractivity contribution is -0.138. The number of hydrogen-bond donors (Lipinski definition) is 1. The summed E-state index contributed by atoms with van der Waals surface area (Å²) in [5.74, 6) is -1.32. The van der Waals surface area contributed by atoms with E-state index in [4.69, 9.17) is 0 Å². The van der Waals surface area contributed by atoms with Crippen molar-refractivity contribution in [2.45, 2.75) is 6.92 Å². The van der Waals surface area contributed by atoms with Gasteiger partial charge in [0.05, 0.1) is 32.2 Å². The van der Waals surface area contributed by atoms with Crippen LogP contribution in [0.4, 0.5) is 5.69 Å². The number of hydrogen-bond acceptors (Lipinski definition) is 6. The molecule has 0 atom stereocenters. The molecule has 0 aliphatic rings. The molecule has 0 aliphatic heterocycles. The molecule has 0 radical (unpaired) electrons. The molecule has 0 spiro atoms. The molecule has 2 rings (SSSR count). The van der Waals surface area contributed by atoms with E-state index in [1.54, 1.807) is 23.0 Å². The Hall–Kier alpha value is -3.09. The highest BCUT2D eigenvalue weighted by molar-refractivity contribution is 5.98. The van der Waals surface area contributed by atoms with Crippen LogP contribution in [0.1, 0.15) is 5.56 Å². The van der Waals surface area contributed by atoms with Gasteiger partial charge in [-0.1, -0.05) is 0 Å². The van der Waals surface area contributed by atoms with Gasteiger partial charge in [-0.15, -0.1) is 0 Å². The van der Waals surface area contributed by atoms with Crippen molar-refractivity contribution in [3.8, 4) is 5.69 Å². The van der Waals surface area contributed by atoms with E-state index in [0.29, 0.717) is 5.69 Å². The van der Waals surface area contributed by atoms with Gasteiger partial charge in [-0.05, 0) is 36.8 Å². The van der Waals surface area contributed by atoms with Gasteiger partial charge in [-0.2, -0.15) is 5.10 Å². The van der Waals surface area contributed by atoms with Crippen LogP contribution in [-0.4, -0.2) is 35.9 Å². The van der Waals surface area contributed by atoms with E-state index in [1.807, 2.05) is 25.3 Å². The van der Waals surface area contributed by atoms with Crippen LogP contribution in [0.5, 0.6) is 0 Å². The molecular formula is C16H17N3O4. The first-order valence-electron chi connectivity index (χ1n) is 6.80. The predicted molar refractivity (Wildman–Crippen MR) is 84.0 cm³/mol. The quantitative estimate of drug-likeness (QED) is 0.669. The number of aromatic nitrogens is 2. The molecule has 0 aliphatic carbocycles. The smallest absolute Gasteiger partial charge is 0.354 e. The maximum absolute atomic E-state index is 11.7. The van der Waals surface area contributed by atoms with Gasteiger partial charge in [-0.25, -0.2) is 14.3 Å². The van der Waals surface area contributed by atoms with Crippen molar-refractivity contribution >= 4 is 17.6 Å². The van der Waals surface area contributed by atoms with Crippen molar-refractivity contribution in [1.29, 1.82) is 0 Å². The standard InChI is InChI=1S/C16H17N3O4/c1-11-9-17-19(10-11)13-6-4-12(5-7-13)18-14(16(21)23-3)8-15(20)22-2/h4-10,18H,1-3H3/b14-8+. The molecule has 0 saturated carbocycles. The lowest BCUT2D eigenvalue weighted by Crippen LogP contribution is -2.15. The van der Waals surface area contributed by atoms with Crippen molar-refractivity contribution in [2.24, 2.45) is 0 Å². The minimum absolute atomic E-state index is 0.0120. The van der Waals surface area contributed by atoms with E-state index in [2.05, 4.69) is 19.9 Å². The van der Waals surface area contributed by atoms with Crippen LogP contribution in [-0.2, 0) is 19.1 Å². The van der Waals surface area contributed by atoms with Gasteiger partial charge in [-0.3, -0.25) is 0 Å². The Balaban J connectivity index is 2.19. The topological polar surface area (TPSA) is 82.5 Å². The average molecular weight is 315 g/mol. The van der Waals surface area contributed by atoms with Gasteiger partial charge in [0.15, 0.2) is 0 Å². The first-order chi connectivity index (χ1) is 11.0. The normalized spacial score (nSPS) is 11.0. The minimum Gasteiger partial charge on any atom is -0.466 e. The second-order valence-corrected chi connectivity index (χ2v) is 4.71. The van der Waals surface area contributed by atoms with Crippen molar-refractivity contribution < 1.29 is 19.1 Å². The Morgan fingerprint density at radius 3 is 2.39 bits per heavy atom. The zero-order chi connectivity index (χ0) is 16.8. The fraction of sp³-hybridized carbons (Fsp3) is 0.188. The summed E-state index contributed by atoms with van der Waals surface area (Å²) < 4.78 is 10.9. The van der Waals surface area contributed by atoms with E-state index in [-0.39, 0.29) is 5.70 Å². The number of ether oxygens (including phenoxy) is 2. The zero-order valence-corrected chi connectivity index (χ0v) is 13.1. The van der Waals surface area contributed by atoms with Gasteiger partial charge in [0.25, 0.3) is 0 Å². The molecule has 0 fully saturated rings. The van der Waals surface area contributed by atoms with Crippen molar-refractivity contribution in [1.82, 2.24) is 9.78 Å². The van der Waals surface area contributed by atoms with Crippen molar-refractivity contribution in [3.05, 3.63) is 54.0 Å². The lowest BCUT2D eigenvalue weighted by Gasteiger charge is -2.10. The van der Waals surface area contributed by atoms with E-state index in [1.165, 1.54) is 14.2 Å². The Labute approximate surface area is 133 Å². The highest BCUT2D eigenvalue weighted by Crippen LogP contribution is 2.15. The number of nitrogens with zero attached hydrogens (tertiary/aromatic N) is 2. The van der Waals surface area contributed by atoms with Gasteiger partial charge >= 0.3 is 11.9 Å². The van der Waals surface area contributed by atoms with Crippen LogP contribution >= 0.6 is 0 Å². The fourth-order valence-electron chi connectivity index (χ4n) is 1.84. The molecule has 0 amide bonds. The number of carbonyl (C=O) groups excluding carboxylic acids is 2. The summed E-state index contributed by atoms with van der Waals surface area (Å²) in [5, 5.41) is 7.05.